The highest BCUT2D eigenvalue weighted by molar-refractivity contribution is 6.33. The van der Waals surface area contributed by atoms with Crippen LogP contribution in [0.25, 0.3) is 10.9 Å². The molecule has 2 atom stereocenters. The van der Waals surface area contributed by atoms with E-state index in [4.69, 9.17) is 16.3 Å². The van der Waals surface area contributed by atoms with Gasteiger partial charge in [0.2, 0.25) is 0 Å². The Morgan fingerprint density at radius 1 is 1.42 bits per heavy atom. The number of aromatic amines is 1. The molecule has 0 aliphatic heterocycles. The van der Waals surface area contributed by atoms with Crippen LogP contribution < -0.4 is 10.1 Å². The number of halogens is 1. The van der Waals surface area contributed by atoms with Crippen LogP contribution in [0.2, 0.25) is 5.02 Å². The summed E-state index contributed by atoms with van der Waals surface area (Å²) in [5.74, 6) is 1.09. The maximum atomic E-state index is 12.5. The number of aryl methyl sites for hydroxylation is 1. The van der Waals surface area contributed by atoms with Gasteiger partial charge in [-0.3, -0.25) is 9.48 Å². The predicted octanol–water partition coefficient (Wildman–Crippen LogP) is 3.63. The maximum absolute atomic E-state index is 12.5. The number of ether oxygens (including phenoxy) is 1. The molecule has 4 rings (SSSR count). The number of carbonyl (C=O) groups is 1. The molecule has 2 aromatic heterocycles. The van der Waals surface area contributed by atoms with E-state index in [2.05, 4.69) is 27.7 Å². The highest BCUT2D eigenvalue weighted by Crippen LogP contribution is 2.39. The van der Waals surface area contributed by atoms with Crippen LogP contribution in [0.1, 0.15) is 41.2 Å². The van der Waals surface area contributed by atoms with Crippen molar-refractivity contribution in [2.45, 2.75) is 31.2 Å². The zero-order valence-corrected chi connectivity index (χ0v) is 15.5. The number of hydrogen-bond acceptors (Lipinski definition) is 3. The average Bonchev–Trinajstić information content (AvgIpc) is 3.33. The number of H-pyrrole nitrogens is 1. The minimum Gasteiger partial charge on any atom is -0.497 e. The molecule has 1 fully saturated rings. The molecule has 0 radical (unpaired) electrons. The maximum Gasteiger partial charge on any atom is 0.271 e. The van der Waals surface area contributed by atoms with Crippen LogP contribution in [0.3, 0.4) is 0 Å². The monoisotopic (exact) mass is 372 g/mol. The van der Waals surface area contributed by atoms with Crippen molar-refractivity contribution < 1.29 is 9.53 Å². The lowest BCUT2D eigenvalue weighted by atomic mass is 9.97. The number of rotatable bonds is 4. The average molecular weight is 373 g/mol. The quantitative estimate of drug-likeness (QED) is 0.734. The smallest absolute Gasteiger partial charge is 0.271 e. The molecule has 2 heterocycles. The molecule has 1 saturated carbocycles. The van der Waals surface area contributed by atoms with Crippen LogP contribution in [0.4, 0.5) is 0 Å². The first kappa shape index (κ1) is 17.0. The Labute approximate surface area is 156 Å². The fourth-order valence-corrected chi connectivity index (χ4v) is 4.15. The third-order valence-electron chi connectivity index (χ3n) is 5.24. The van der Waals surface area contributed by atoms with Crippen LogP contribution >= 0.6 is 11.6 Å². The van der Waals surface area contributed by atoms with Gasteiger partial charge in [0.05, 0.1) is 18.3 Å². The third-order valence-corrected chi connectivity index (χ3v) is 5.51. The second-order valence-corrected chi connectivity index (χ2v) is 7.21. The van der Waals surface area contributed by atoms with Crippen molar-refractivity contribution in [2.75, 3.05) is 7.11 Å². The summed E-state index contributed by atoms with van der Waals surface area (Å²) in [6.07, 6.45) is 6.46. The van der Waals surface area contributed by atoms with E-state index in [1.54, 1.807) is 14.2 Å². The molecular weight excluding hydrogens is 352 g/mol. The Morgan fingerprint density at radius 3 is 3.00 bits per heavy atom. The van der Waals surface area contributed by atoms with E-state index in [1.165, 1.54) is 21.8 Å². The summed E-state index contributed by atoms with van der Waals surface area (Å²) in [6.45, 7) is 0. The van der Waals surface area contributed by atoms with Crippen molar-refractivity contribution in [3.63, 3.8) is 0 Å². The molecule has 1 aliphatic rings. The van der Waals surface area contributed by atoms with Crippen molar-refractivity contribution in [1.82, 2.24) is 20.1 Å². The van der Waals surface area contributed by atoms with E-state index in [0.29, 0.717) is 16.6 Å². The van der Waals surface area contributed by atoms with Crippen LogP contribution in [0, 0.1) is 0 Å². The molecule has 26 heavy (non-hydrogen) atoms. The first-order chi connectivity index (χ1) is 12.6. The van der Waals surface area contributed by atoms with E-state index < -0.39 is 0 Å². The lowest BCUT2D eigenvalue weighted by molar-refractivity contribution is 0.0928. The summed E-state index contributed by atoms with van der Waals surface area (Å²) in [5.41, 5.74) is 2.80. The normalized spacial score (nSPS) is 19.8. The standard InChI is InChI=1S/C19H21ClN4O2/c1-24-18(16(20)10-22-24)19(25)23-12-4-3-11(7-12)15-9-21-17-6-5-13(26-2)8-14(15)17/h5-6,8-12,21H,3-4,7H2,1-2H3,(H,23,25)/t11-,12+/m0/s1. The molecule has 0 bridgehead atoms. The van der Waals surface area contributed by atoms with Gasteiger partial charge in [-0.25, -0.2) is 0 Å². The molecule has 7 heteroatoms. The number of carbonyl (C=O) groups excluding carboxylic acids is 1. The Morgan fingerprint density at radius 2 is 2.27 bits per heavy atom. The molecule has 136 valence electrons. The van der Waals surface area contributed by atoms with Gasteiger partial charge in [0.25, 0.3) is 5.91 Å². The van der Waals surface area contributed by atoms with E-state index in [0.717, 1.165) is 30.5 Å². The Kier molecular flexibility index (Phi) is 4.36. The van der Waals surface area contributed by atoms with Crippen LogP contribution in [-0.4, -0.2) is 33.8 Å². The predicted molar refractivity (Wildman–Crippen MR) is 101 cm³/mol. The summed E-state index contributed by atoms with van der Waals surface area (Å²) in [5, 5.41) is 8.70. The molecular formula is C19H21ClN4O2. The van der Waals surface area contributed by atoms with Gasteiger partial charge < -0.3 is 15.0 Å². The van der Waals surface area contributed by atoms with Crippen molar-refractivity contribution in [3.8, 4) is 5.75 Å². The first-order valence-corrected chi connectivity index (χ1v) is 9.08. The van der Waals surface area contributed by atoms with Gasteiger partial charge in [0.1, 0.15) is 11.4 Å². The van der Waals surface area contributed by atoms with Crippen LogP contribution in [0.5, 0.6) is 5.75 Å². The van der Waals surface area contributed by atoms with Gasteiger partial charge in [-0.1, -0.05) is 11.6 Å². The van der Waals surface area contributed by atoms with Crippen LogP contribution in [-0.2, 0) is 7.05 Å². The van der Waals surface area contributed by atoms with E-state index in [9.17, 15) is 4.79 Å². The molecule has 3 aromatic rings. The fourth-order valence-electron chi connectivity index (χ4n) is 3.90. The molecule has 0 saturated heterocycles. The minimum absolute atomic E-state index is 0.133. The summed E-state index contributed by atoms with van der Waals surface area (Å²) < 4.78 is 6.87. The summed E-state index contributed by atoms with van der Waals surface area (Å²) in [6, 6.07) is 6.20. The number of methoxy groups -OCH3 is 1. The van der Waals surface area contributed by atoms with Gasteiger partial charge >= 0.3 is 0 Å². The fraction of sp³-hybridized carbons (Fsp3) is 0.368. The van der Waals surface area contributed by atoms with E-state index >= 15 is 0 Å². The molecule has 1 amide bonds. The zero-order chi connectivity index (χ0) is 18.3. The van der Waals surface area contributed by atoms with Crippen molar-refractivity contribution in [2.24, 2.45) is 7.05 Å². The van der Waals surface area contributed by atoms with Gasteiger partial charge in [-0.2, -0.15) is 5.10 Å². The van der Waals surface area contributed by atoms with Gasteiger partial charge in [-0.15, -0.1) is 0 Å². The van der Waals surface area contributed by atoms with E-state index in [1.807, 2.05) is 12.1 Å². The number of aromatic nitrogens is 3. The van der Waals surface area contributed by atoms with Crippen molar-refractivity contribution >= 4 is 28.4 Å². The third kappa shape index (κ3) is 2.94. The molecule has 0 spiro atoms. The Hall–Kier alpha value is -2.47. The van der Waals surface area contributed by atoms with E-state index in [-0.39, 0.29) is 11.9 Å². The summed E-state index contributed by atoms with van der Waals surface area (Å²) >= 11 is 6.07. The Balaban J connectivity index is 1.50. The SMILES string of the molecule is COc1ccc2[nH]cc([C@H]3CC[C@@H](NC(=O)c4c(Cl)cnn4C)C3)c2c1. The molecule has 1 aromatic carbocycles. The summed E-state index contributed by atoms with van der Waals surface area (Å²) in [4.78, 5) is 15.9. The highest BCUT2D eigenvalue weighted by Gasteiger charge is 2.30. The molecule has 6 nitrogen and oxygen atoms in total. The number of nitrogens with zero attached hydrogens (tertiary/aromatic N) is 2. The van der Waals surface area contributed by atoms with Crippen LogP contribution in [0.15, 0.2) is 30.6 Å². The zero-order valence-electron chi connectivity index (χ0n) is 14.8. The largest absolute Gasteiger partial charge is 0.497 e. The topological polar surface area (TPSA) is 71.9 Å². The lowest BCUT2D eigenvalue weighted by Crippen LogP contribution is -2.34. The van der Waals surface area contributed by atoms with Crippen molar-refractivity contribution in [1.29, 1.82) is 0 Å². The van der Waals surface area contributed by atoms with Crippen molar-refractivity contribution in [3.05, 3.63) is 46.9 Å². The van der Waals surface area contributed by atoms with Gasteiger partial charge in [-0.05, 0) is 48.9 Å². The second-order valence-electron chi connectivity index (χ2n) is 6.80. The molecule has 1 aliphatic carbocycles. The molecule has 0 unspecified atom stereocenters. The minimum atomic E-state index is -0.166. The summed E-state index contributed by atoms with van der Waals surface area (Å²) in [7, 11) is 3.40. The van der Waals surface area contributed by atoms with Gasteiger partial charge in [0, 0.05) is 30.2 Å². The lowest BCUT2D eigenvalue weighted by Gasteiger charge is -2.14. The number of amides is 1. The number of fused-ring (bicyclic) bond motifs is 1. The Bertz CT molecular complexity index is 942. The van der Waals surface area contributed by atoms with Gasteiger partial charge in [0.15, 0.2) is 0 Å². The molecule has 2 N–H and O–H groups in total. The second kappa shape index (κ2) is 6.68. The highest BCUT2D eigenvalue weighted by atomic mass is 35.5. The first-order valence-electron chi connectivity index (χ1n) is 8.70. The number of nitrogens with one attached hydrogen (secondary N) is 2. The number of hydrogen-bond donors (Lipinski definition) is 2. The number of benzene rings is 1.